The van der Waals surface area contributed by atoms with E-state index >= 15 is 0 Å². The van der Waals surface area contributed by atoms with Gasteiger partial charge in [0.1, 0.15) is 0 Å². The second-order valence-corrected chi connectivity index (χ2v) is 11.7. The van der Waals surface area contributed by atoms with E-state index in [0.717, 1.165) is 22.9 Å². The van der Waals surface area contributed by atoms with Crippen molar-refractivity contribution in [3.8, 4) is 0 Å². The van der Waals surface area contributed by atoms with Gasteiger partial charge in [0, 0.05) is 0 Å². The van der Waals surface area contributed by atoms with Gasteiger partial charge in [-0.05, 0) is 0 Å². The SMILES string of the molecule is CC1=C(Pc2ccccc2)c2ccccc2[CH]1[Ti+2][CH]1CCC2CC=CC=C21.[F-].[F-]. The monoisotopic (exact) mass is 442 g/mol. The Kier molecular flexibility index (Phi) is 7.44. The Labute approximate surface area is 183 Å². The summed E-state index contributed by atoms with van der Waals surface area (Å²) in [6, 6.07) is 20.3. The van der Waals surface area contributed by atoms with Crippen LogP contribution in [-0.2, 0) is 19.2 Å². The van der Waals surface area contributed by atoms with Crippen LogP contribution in [0.2, 0.25) is 4.22 Å². The van der Waals surface area contributed by atoms with Crippen LogP contribution < -0.4 is 14.7 Å². The van der Waals surface area contributed by atoms with E-state index < -0.39 is 0 Å². The van der Waals surface area contributed by atoms with E-state index in [-0.39, 0.29) is 28.6 Å². The molecule has 0 aliphatic heterocycles. The first-order chi connectivity index (χ1) is 13.3. The average Bonchev–Trinajstić information content (AvgIpc) is 3.24. The first-order valence-corrected chi connectivity index (χ1v) is 12.9. The van der Waals surface area contributed by atoms with E-state index in [4.69, 9.17) is 0 Å². The number of hydrogen-bond acceptors (Lipinski definition) is 0. The van der Waals surface area contributed by atoms with Gasteiger partial charge in [-0.2, -0.15) is 0 Å². The summed E-state index contributed by atoms with van der Waals surface area (Å²) in [5.41, 5.74) is 6.64. The second-order valence-electron chi connectivity index (χ2n) is 7.89. The van der Waals surface area contributed by atoms with Gasteiger partial charge >= 0.3 is 174 Å². The number of halogens is 2. The van der Waals surface area contributed by atoms with Gasteiger partial charge in [-0.1, -0.05) is 0 Å². The van der Waals surface area contributed by atoms with Crippen molar-refractivity contribution >= 4 is 19.2 Å². The molecule has 4 atom stereocenters. The molecule has 0 saturated heterocycles. The van der Waals surface area contributed by atoms with Crippen molar-refractivity contribution in [2.45, 2.75) is 34.6 Å². The Morgan fingerprint density at radius 3 is 2.52 bits per heavy atom. The molecule has 1 fully saturated rings. The van der Waals surface area contributed by atoms with Gasteiger partial charge in [0.05, 0.1) is 0 Å². The van der Waals surface area contributed by atoms with Crippen LogP contribution in [0.25, 0.3) is 5.31 Å². The molecule has 0 N–H and O–H groups in total. The first-order valence-electron chi connectivity index (χ1n) is 10.1. The number of allylic oxidation sites excluding steroid dienone is 5. The van der Waals surface area contributed by atoms with E-state index in [9.17, 15) is 0 Å². The quantitative estimate of drug-likeness (QED) is 0.482. The fourth-order valence-electron chi connectivity index (χ4n) is 4.91. The molecule has 2 aromatic carbocycles. The standard InChI is InChI=1S/C16H14P.C9H11.2FH.Ti/c1-12-11-13-7-5-6-10-15(13)16(12)17-14-8-3-2-4-9-14;1-2-5-9-7-3-6-8(9)4-1;;;/h2-11,17H,1H3;1-2,4,6,9H,3,5,7H2;2*1H;/q;;;;+2/p-2. The zero-order valence-electron chi connectivity index (χ0n) is 16.5. The van der Waals surface area contributed by atoms with Gasteiger partial charge in [-0.25, -0.2) is 0 Å². The molecule has 2 aromatic rings. The maximum atomic E-state index is 2.46. The van der Waals surface area contributed by atoms with E-state index in [1.165, 1.54) is 30.1 Å². The van der Waals surface area contributed by atoms with Crippen molar-refractivity contribution < 1.29 is 28.6 Å². The maximum Gasteiger partial charge on any atom is -1.00 e. The third-order valence-corrected chi connectivity index (χ3v) is 11.1. The number of rotatable bonds is 4. The molecule has 5 rings (SSSR count). The molecular formula is C25H25F2PTi. The minimum atomic E-state index is -0.0814. The van der Waals surface area contributed by atoms with E-state index in [1.54, 1.807) is 22.0 Å². The average molecular weight is 442 g/mol. The van der Waals surface area contributed by atoms with Crippen LogP contribution in [0.5, 0.6) is 0 Å². The Morgan fingerprint density at radius 2 is 1.69 bits per heavy atom. The topological polar surface area (TPSA) is 0 Å². The van der Waals surface area contributed by atoms with Crippen LogP contribution in [0.4, 0.5) is 0 Å². The van der Waals surface area contributed by atoms with Gasteiger partial charge in [-0.3, -0.25) is 0 Å². The molecule has 0 spiro atoms. The summed E-state index contributed by atoms with van der Waals surface area (Å²) in [6.07, 6.45) is 11.3. The van der Waals surface area contributed by atoms with Crippen molar-refractivity contribution in [2.24, 2.45) is 5.92 Å². The van der Waals surface area contributed by atoms with Crippen molar-refractivity contribution in [3.63, 3.8) is 0 Å². The van der Waals surface area contributed by atoms with Gasteiger partial charge in [0.25, 0.3) is 0 Å². The summed E-state index contributed by atoms with van der Waals surface area (Å²) in [5.74, 6) is 0.857. The third kappa shape index (κ3) is 4.27. The smallest absolute Gasteiger partial charge is 1.00 e. The molecule has 0 bridgehead atoms. The van der Waals surface area contributed by atoms with Crippen LogP contribution in [0.15, 0.2) is 84.0 Å². The molecule has 4 heteroatoms. The molecule has 0 heterocycles. The molecule has 0 nitrogen and oxygen atoms in total. The Morgan fingerprint density at radius 1 is 0.931 bits per heavy atom. The molecule has 148 valence electrons. The Hall–Kier alpha value is -1.34. The Balaban J connectivity index is 0.00000120. The zero-order chi connectivity index (χ0) is 18.2. The molecule has 29 heavy (non-hydrogen) atoms. The molecule has 3 aliphatic carbocycles. The third-order valence-electron chi connectivity index (χ3n) is 6.30. The molecule has 0 aromatic heterocycles. The molecule has 3 aliphatic rings. The fraction of sp³-hybridized carbons (Fsp3) is 0.280. The van der Waals surface area contributed by atoms with Crippen LogP contribution in [0.3, 0.4) is 0 Å². The molecule has 0 radical (unpaired) electrons. The largest absolute Gasteiger partial charge is 1.00 e. The van der Waals surface area contributed by atoms with Gasteiger partial charge in [0.2, 0.25) is 0 Å². The normalized spacial score (nSPS) is 24.4. The van der Waals surface area contributed by atoms with Gasteiger partial charge < -0.3 is 9.41 Å². The minimum absolute atomic E-state index is 0. The zero-order valence-corrected chi connectivity index (χ0v) is 19.1. The van der Waals surface area contributed by atoms with Crippen molar-refractivity contribution in [3.05, 3.63) is 95.1 Å². The van der Waals surface area contributed by atoms with E-state index in [2.05, 4.69) is 79.7 Å². The number of hydrogen-bond donors (Lipinski definition) is 0. The summed E-state index contributed by atoms with van der Waals surface area (Å²) < 4.78 is 1.62. The fourth-order valence-corrected chi connectivity index (χ4v) is 9.74. The molecule has 4 unspecified atom stereocenters. The molecular weight excluding hydrogens is 417 g/mol. The van der Waals surface area contributed by atoms with Crippen LogP contribution in [0, 0.1) is 5.92 Å². The maximum absolute atomic E-state index is 2.46. The van der Waals surface area contributed by atoms with Crippen LogP contribution in [0.1, 0.15) is 41.5 Å². The van der Waals surface area contributed by atoms with Gasteiger partial charge in [-0.15, -0.1) is 0 Å². The summed E-state index contributed by atoms with van der Waals surface area (Å²) in [5, 5.41) is 3.08. The summed E-state index contributed by atoms with van der Waals surface area (Å²) in [7, 11) is 0.779. The number of fused-ring (bicyclic) bond motifs is 2. The van der Waals surface area contributed by atoms with Gasteiger partial charge in [0.15, 0.2) is 0 Å². The predicted octanol–water partition coefficient (Wildman–Crippen LogP) is 0.652. The van der Waals surface area contributed by atoms with Crippen molar-refractivity contribution in [1.29, 1.82) is 0 Å². The van der Waals surface area contributed by atoms with Crippen molar-refractivity contribution in [2.75, 3.05) is 0 Å². The minimum Gasteiger partial charge on any atom is -1.00 e. The van der Waals surface area contributed by atoms with Crippen LogP contribution >= 0.6 is 8.58 Å². The summed E-state index contributed by atoms with van der Waals surface area (Å²) >= 11 is -0.0814. The summed E-state index contributed by atoms with van der Waals surface area (Å²) in [6.45, 7) is 2.43. The molecule has 1 saturated carbocycles. The first kappa shape index (κ1) is 22.4. The van der Waals surface area contributed by atoms with E-state index in [1.807, 2.05) is 0 Å². The second kappa shape index (κ2) is 9.65. The van der Waals surface area contributed by atoms with E-state index in [0.29, 0.717) is 0 Å². The Bertz CT molecular complexity index is 948. The van der Waals surface area contributed by atoms with Crippen molar-refractivity contribution in [1.82, 2.24) is 0 Å². The number of benzene rings is 2. The predicted molar refractivity (Wildman–Crippen MR) is 114 cm³/mol. The summed E-state index contributed by atoms with van der Waals surface area (Å²) in [4.78, 5) is 0. The van der Waals surface area contributed by atoms with Crippen LogP contribution in [-0.4, -0.2) is 0 Å². The molecule has 0 amide bonds.